The highest BCUT2D eigenvalue weighted by molar-refractivity contribution is 9.08. The largest absolute Gasteiger partial charge is 0.496 e. The van der Waals surface area contributed by atoms with Gasteiger partial charge in [-0.3, -0.25) is 0 Å². The third-order valence-electron chi connectivity index (χ3n) is 2.73. The molecule has 5 heteroatoms. The smallest absolute Gasteiger partial charge is 0.134 e. The van der Waals surface area contributed by atoms with Crippen molar-refractivity contribution in [3.05, 3.63) is 47.0 Å². The summed E-state index contributed by atoms with van der Waals surface area (Å²) in [4.78, 5) is 0. The quantitative estimate of drug-likeness (QED) is 0.701. The third-order valence-corrected chi connectivity index (χ3v) is 3.69. The van der Waals surface area contributed by atoms with Crippen LogP contribution in [0.3, 0.4) is 0 Å². The Morgan fingerprint density at radius 1 is 0.900 bits per heavy atom. The number of benzene rings is 2. The summed E-state index contributed by atoms with van der Waals surface area (Å²) in [6, 6.07) is 10.9. The van der Waals surface area contributed by atoms with Crippen molar-refractivity contribution in [2.75, 3.05) is 14.2 Å². The molecular formula is C15H14BrClO3. The van der Waals surface area contributed by atoms with Gasteiger partial charge in [0, 0.05) is 28.6 Å². The molecule has 0 bridgehead atoms. The van der Waals surface area contributed by atoms with Gasteiger partial charge in [0.15, 0.2) is 0 Å². The van der Waals surface area contributed by atoms with Crippen molar-refractivity contribution in [1.82, 2.24) is 0 Å². The molecule has 0 fully saturated rings. The van der Waals surface area contributed by atoms with E-state index in [0.717, 1.165) is 5.56 Å². The molecule has 0 aromatic heterocycles. The first-order chi connectivity index (χ1) is 9.66. The number of rotatable bonds is 5. The van der Waals surface area contributed by atoms with Gasteiger partial charge in [0.05, 0.1) is 14.2 Å². The first-order valence-electron chi connectivity index (χ1n) is 5.91. The van der Waals surface area contributed by atoms with Gasteiger partial charge in [-0.2, -0.15) is 0 Å². The molecule has 0 atom stereocenters. The Balaban J connectivity index is 2.27. The molecule has 0 amide bonds. The maximum atomic E-state index is 6.15. The summed E-state index contributed by atoms with van der Waals surface area (Å²) < 4.78 is 16.2. The molecular weight excluding hydrogens is 344 g/mol. The molecule has 0 aliphatic carbocycles. The highest BCUT2D eigenvalue weighted by Crippen LogP contribution is 2.32. The van der Waals surface area contributed by atoms with Crippen molar-refractivity contribution in [1.29, 1.82) is 0 Å². The molecule has 0 spiro atoms. The van der Waals surface area contributed by atoms with Crippen LogP contribution in [0, 0.1) is 0 Å². The Morgan fingerprint density at radius 3 is 2.00 bits per heavy atom. The fourth-order valence-corrected chi connectivity index (χ4v) is 2.56. The molecule has 106 valence electrons. The Morgan fingerprint density at radius 2 is 1.50 bits per heavy atom. The summed E-state index contributed by atoms with van der Waals surface area (Å²) in [6.07, 6.45) is 0. The predicted octanol–water partition coefficient (Wildman–Crippen LogP) is 5.04. The molecule has 0 saturated heterocycles. The van der Waals surface area contributed by atoms with Crippen LogP contribution in [-0.2, 0) is 5.33 Å². The van der Waals surface area contributed by atoms with E-state index in [1.807, 2.05) is 12.1 Å². The van der Waals surface area contributed by atoms with Crippen LogP contribution in [0.2, 0.25) is 5.02 Å². The Bertz CT molecular complexity index is 579. The second-order valence-corrected chi connectivity index (χ2v) is 5.01. The zero-order chi connectivity index (χ0) is 14.5. The SMILES string of the molecule is COc1cc(OC)cc(Oc2ccc(CBr)c(Cl)c2)c1. The highest BCUT2D eigenvalue weighted by Gasteiger charge is 2.06. The Labute approximate surface area is 131 Å². The maximum absolute atomic E-state index is 6.15. The van der Waals surface area contributed by atoms with Gasteiger partial charge in [0.1, 0.15) is 23.0 Å². The third kappa shape index (κ3) is 3.58. The van der Waals surface area contributed by atoms with Gasteiger partial charge in [0.2, 0.25) is 0 Å². The number of ether oxygens (including phenoxy) is 3. The van der Waals surface area contributed by atoms with Gasteiger partial charge < -0.3 is 14.2 Å². The predicted molar refractivity (Wildman–Crippen MR) is 83.7 cm³/mol. The first-order valence-corrected chi connectivity index (χ1v) is 7.41. The standard InChI is InChI=1S/C15H14BrClO3/c1-18-12-5-13(19-2)7-14(6-12)20-11-4-3-10(9-16)15(17)8-11/h3-8H,9H2,1-2H3. The average molecular weight is 358 g/mol. The van der Waals surface area contributed by atoms with Gasteiger partial charge in [-0.05, 0) is 17.7 Å². The minimum Gasteiger partial charge on any atom is -0.496 e. The zero-order valence-corrected chi connectivity index (χ0v) is 13.5. The molecule has 0 aliphatic heterocycles. The molecule has 0 heterocycles. The van der Waals surface area contributed by atoms with Gasteiger partial charge >= 0.3 is 0 Å². The van der Waals surface area contributed by atoms with Crippen LogP contribution in [0.5, 0.6) is 23.0 Å². The van der Waals surface area contributed by atoms with Crippen molar-refractivity contribution in [3.8, 4) is 23.0 Å². The van der Waals surface area contributed by atoms with Gasteiger partial charge in [-0.15, -0.1) is 0 Å². The van der Waals surface area contributed by atoms with Crippen molar-refractivity contribution in [2.24, 2.45) is 0 Å². The number of hydrogen-bond donors (Lipinski definition) is 0. The van der Waals surface area contributed by atoms with Crippen LogP contribution in [0.4, 0.5) is 0 Å². The van der Waals surface area contributed by atoms with Gasteiger partial charge in [0.25, 0.3) is 0 Å². The summed E-state index contributed by atoms with van der Waals surface area (Å²) in [7, 11) is 3.19. The normalized spacial score (nSPS) is 10.2. The lowest BCUT2D eigenvalue weighted by molar-refractivity contribution is 0.386. The molecule has 0 saturated carbocycles. The van der Waals surface area contributed by atoms with E-state index in [4.69, 9.17) is 25.8 Å². The van der Waals surface area contributed by atoms with E-state index in [0.29, 0.717) is 33.4 Å². The second kappa shape index (κ2) is 6.86. The van der Waals surface area contributed by atoms with E-state index in [2.05, 4.69) is 15.9 Å². The van der Waals surface area contributed by atoms with E-state index < -0.39 is 0 Å². The molecule has 20 heavy (non-hydrogen) atoms. The number of methoxy groups -OCH3 is 2. The van der Waals surface area contributed by atoms with E-state index >= 15 is 0 Å². The fraction of sp³-hybridized carbons (Fsp3) is 0.200. The Kier molecular flexibility index (Phi) is 5.15. The summed E-state index contributed by atoms with van der Waals surface area (Å²) in [5.74, 6) is 2.63. The van der Waals surface area contributed by atoms with Gasteiger partial charge in [-0.25, -0.2) is 0 Å². The maximum Gasteiger partial charge on any atom is 0.134 e. The van der Waals surface area contributed by atoms with Gasteiger partial charge in [-0.1, -0.05) is 33.6 Å². The van der Waals surface area contributed by atoms with Crippen LogP contribution in [-0.4, -0.2) is 14.2 Å². The fourth-order valence-electron chi connectivity index (χ4n) is 1.68. The van der Waals surface area contributed by atoms with Crippen LogP contribution in [0.25, 0.3) is 0 Å². The van der Waals surface area contributed by atoms with Crippen molar-refractivity contribution >= 4 is 27.5 Å². The molecule has 2 aromatic carbocycles. The number of halogens is 2. The summed E-state index contributed by atoms with van der Waals surface area (Å²) >= 11 is 9.53. The first kappa shape index (κ1) is 15.0. The number of alkyl halides is 1. The van der Waals surface area contributed by atoms with Crippen LogP contribution in [0.15, 0.2) is 36.4 Å². The van der Waals surface area contributed by atoms with Crippen molar-refractivity contribution in [2.45, 2.75) is 5.33 Å². The summed E-state index contributed by atoms with van der Waals surface area (Å²) in [5, 5.41) is 1.37. The number of hydrogen-bond acceptors (Lipinski definition) is 3. The summed E-state index contributed by atoms with van der Waals surface area (Å²) in [5.41, 5.74) is 1.02. The average Bonchev–Trinajstić information content (AvgIpc) is 2.47. The zero-order valence-electron chi connectivity index (χ0n) is 11.2. The lowest BCUT2D eigenvalue weighted by Crippen LogP contribution is -1.91. The molecule has 0 unspecified atom stereocenters. The second-order valence-electron chi connectivity index (χ2n) is 4.04. The minimum absolute atomic E-state index is 0.629. The highest BCUT2D eigenvalue weighted by atomic mass is 79.9. The van der Waals surface area contributed by atoms with Crippen LogP contribution in [0.1, 0.15) is 5.56 Å². The van der Waals surface area contributed by atoms with Crippen LogP contribution < -0.4 is 14.2 Å². The Hall–Kier alpha value is -1.39. The molecule has 3 nitrogen and oxygen atoms in total. The van der Waals surface area contributed by atoms with Crippen LogP contribution >= 0.6 is 27.5 Å². The molecule has 0 aliphatic rings. The molecule has 2 rings (SSSR count). The van der Waals surface area contributed by atoms with Crippen molar-refractivity contribution < 1.29 is 14.2 Å². The molecule has 2 aromatic rings. The monoisotopic (exact) mass is 356 g/mol. The van der Waals surface area contributed by atoms with E-state index in [9.17, 15) is 0 Å². The molecule has 0 radical (unpaired) electrons. The van der Waals surface area contributed by atoms with Crippen molar-refractivity contribution in [3.63, 3.8) is 0 Å². The van der Waals surface area contributed by atoms with E-state index in [-0.39, 0.29) is 0 Å². The minimum atomic E-state index is 0.629. The topological polar surface area (TPSA) is 27.7 Å². The lowest BCUT2D eigenvalue weighted by Gasteiger charge is -2.11. The van der Waals surface area contributed by atoms with E-state index in [1.165, 1.54) is 0 Å². The summed E-state index contributed by atoms with van der Waals surface area (Å²) in [6.45, 7) is 0. The van der Waals surface area contributed by atoms with E-state index in [1.54, 1.807) is 38.5 Å². The molecule has 0 N–H and O–H groups in total. The lowest BCUT2D eigenvalue weighted by atomic mass is 10.2.